The highest BCUT2D eigenvalue weighted by Gasteiger charge is 2.10. The number of thiazole rings is 1. The minimum absolute atomic E-state index is 0.413. The Balaban J connectivity index is 2.08. The van der Waals surface area contributed by atoms with Crippen LogP contribution >= 0.6 is 34.5 Å². The third-order valence-corrected chi connectivity index (χ3v) is 5.46. The van der Waals surface area contributed by atoms with Gasteiger partial charge in [0.25, 0.3) is 0 Å². The summed E-state index contributed by atoms with van der Waals surface area (Å²) in [6.07, 6.45) is 1.67. The number of benzene rings is 1. The Kier molecular flexibility index (Phi) is 4.56. The van der Waals surface area contributed by atoms with Gasteiger partial charge in [0, 0.05) is 16.1 Å². The predicted octanol–water partition coefficient (Wildman–Crippen LogP) is 3.84. The predicted molar refractivity (Wildman–Crippen MR) is 73.2 cm³/mol. The van der Waals surface area contributed by atoms with Crippen molar-refractivity contribution in [1.29, 1.82) is 0 Å². The first-order valence-electron chi connectivity index (χ1n) is 4.82. The molecule has 0 radical (unpaired) electrons. The molecule has 0 aliphatic carbocycles. The Morgan fingerprint density at radius 1 is 1.29 bits per heavy atom. The van der Waals surface area contributed by atoms with Gasteiger partial charge in [0.2, 0.25) is 0 Å². The lowest BCUT2D eigenvalue weighted by molar-refractivity contribution is 0.682. The molecule has 1 atom stereocenters. The Morgan fingerprint density at radius 2 is 2.00 bits per heavy atom. The molecule has 2 rings (SSSR count). The quantitative estimate of drug-likeness (QED) is 0.803. The van der Waals surface area contributed by atoms with Gasteiger partial charge in [0.1, 0.15) is 0 Å². The van der Waals surface area contributed by atoms with Crippen molar-refractivity contribution in [3.63, 3.8) is 0 Å². The fourth-order valence-corrected chi connectivity index (χ4v) is 3.76. The second kappa shape index (κ2) is 5.96. The first-order valence-corrected chi connectivity index (χ1v) is 7.87. The van der Waals surface area contributed by atoms with Gasteiger partial charge in [-0.25, -0.2) is 4.98 Å². The fourth-order valence-electron chi connectivity index (χ4n) is 1.25. The van der Waals surface area contributed by atoms with Crippen LogP contribution in [0.25, 0.3) is 0 Å². The summed E-state index contributed by atoms with van der Waals surface area (Å²) in [7, 11) is -1.12. The molecule has 1 heterocycles. The molecular weight excluding hydrogens is 297 g/mol. The highest BCUT2D eigenvalue weighted by Crippen LogP contribution is 2.21. The van der Waals surface area contributed by atoms with E-state index in [0.717, 1.165) is 10.4 Å². The second-order valence-corrected chi connectivity index (χ2v) is 6.79. The molecule has 17 heavy (non-hydrogen) atoms. The van der Waals surface area contributed by atoms with E-state index in [1.807, 2.05) is 12.1 Å². The highest BCUT2D eigenvalue weighted by atomic mass is 35.5. The molecule has 0 amide bonds. The maximum atomic E-state index is 12.0. The van der Waals surface area contributed by atoms with E-state index in [0.29, 0.717) is 21.0 Å². The van der Waals surface area contributed by atoms with E-state index < -0.39 is 10.8 Å². The zero-order valence-corrected chi connectivity index (χ0v) is 11.9. The van der Waals surface area contributed by atoms with Crippen LogP contribution in [0.1, 0.15) is 10.4 Å². The van der Waals surface area contributed by atoms with Crippen LogP contribution in [-0.2, 0) is 22.4 Å². The number of alkyl halides is 1. The van der Waals surface area contributed by atoms with E-state index in [4.69, 9.17) is 23.2 Å². The number of hydrogen-bond donors (Lipinski definition) is 0. The minimum atomic E-state index is -1.12. The molecule has 1 aromatic carbocycles. The molecule has 0 N–H and O–H groups in total. The summed E-state index contributed by atoms with van der Waals surface area (Å²) in [4.78, 5) is 5.04. The lowest BCUT2D eigenvalue weighted by atomic mass is 10.2. The van der Waals surface area contributed by atoms with Gasteiger partial charge in [0.15, 0.2) is 4.34 Å². The van der Waals surface area contributed by atoms with Gasteiger partial charge in [-0.05, 0) is 17.7 Å². The van der Waals surface area contributed by atoms with Crippen LogP contribution in [0.4, 0.5) is 0 Å². The van der Waals surface area contributed by atoms with E-state index in [1.165, 1.54) is 11.3 Å². The average molecular weight is 306 g/mol. The van der Waals surface area contributed by atoms with Gasteiger partial charge in [-0.2, -0.15) is 0 Å². The van der Waals surface area contributed by atoms with Gasteiger partial charge >= 0.3 is 0 Å². The molecule has 0 fully saturated rings. The lowest BCUT2D eigenvalue weighted by Crippen LogP contribution is -1.95. The maximum absolute atomic E-state index is 12.0. The summed E-state index contributed by atoms with van der Waals surface area (Å²) in [5, 5.41) is 0.679. The molecule has 0 aliphatic rings. The number of nitrogens with zero attached hydrogens (tertiary/aromatic N) is 1. The number of rotatable bonds is 4. The number of hydrogen-bond acceptors (Lipinski definition) is 3. The van der Waals surface area contributed by atoms with Crippen LogP contribution in [-0.4, -0.2) is 9.19 Å². The minimum Gasteiger partial charge on any atom is -0.252 e. The molecule has 0 saturated heterocycles. The Labute approximate surface area is 116 Å². The highest BCUT2D eigenvalue weighted by molar-refractivity contribution is 7.86. The van der Waals surface area contributed by atoms with Crippen molar-refractivity contribution >= 4 is 45.3 Å². The van der Waals surface area contributed by atoms with E-state index in [9.17, 15) is 4.21 Å². The molecule has 0 aliphatic heterocycles. The van der Waals surface area contributed by atoms with Crippen LogP contribution in [0.2, 0.25) is 5.02 Å². The van der Waals surface area contributed by atoms with Crippen LogP contribution in [0.15, 0.2) is 34.8 Å². The van der Waals surface area contributed by atoms with Crippen molar-refractivity contribution < 1.29 is 4.21 Å². The average Bonchev–Trinajstić information content (AvgIpc) is 2.81. The molecule has 0 bridgehead atoms. The molecule has 1 aromatic heterocycles. The van der Waals surface area contributed by atoms with Gasteiger partial charge in [-0.1, -0.05) is 23.7 Å². The SMILES string of the molecule is O=S(Cc1ccc(Cl)cc1)c1ncc(CCl)s1. The largest absolute Gasteiger partial charge is 0.252 e. The summed E-state index contributed by atoms with van der Waals surface area (Å²) in [6, 6.07) is 7.33. The van der Waals surface area contributed by atoms with E-state index in [1.54, 1.807) is 18.3 Å². The topological polar surface area (TPSA) is 30.0 Å². The van der Waals surface area contributed by atoms with Crippen molar-refractivity contribution in [2.75, 3.05) is 0 Å². The first kappa shape index (κ1) is 13.0. The summed E-state index contributed by atoms with van der Waals surface area (Å²) in [5.74, 6) is 0.863. The molecule has 6 heteroatoms. The smallest absolute Gasteiger partial charge is 0.181 e. The first-order chi connectivity index (χ1) is 8.19. The van der Waals surface area contributed by atoms with Crippen LogP contribution in [0.3, 0.4) is 0 Å². The van der Waals surface area contributed by atoms with Crippen molar-refractivity contribution in [2.45, 2.75) is 16.0 Å². The number of aromatic nitrogens is 1. The van der Waals surface area contributed by atoms with Crippen LogP contribution in [0.5, 0.6) is 0 Å². The monoisotopic (exact) mass is 305 g/mol. The van der Waals surface area contributed by atoms with Crippen molar-refractivity contribution in [3.05, 3.63) is 45.9 Å². The molecule has 2 aromatic rings. The molecule has 0 spiro atoms. The summed E-state index contributed by atoms with van der Waals surface area (Å²) >= 11 is 12.9. The normalized spacial score (nSPS) is 12.6. The van der Waals surface area contributed by atoms with E-state index in [2.05, 4.69) is 4.98 Å². The lowest BCUT2D eigenvalue weighted by Gasteiger charge is -1.99. The maximum Gasteiger partial charge on any atom is 0.181 e. The molecule has 1 unspecified atom stereocenters. The molecule has 2 nitrogen and oxygen atoms in total. The van der Waals surface area contributed by atoms with Gasteiger partial charge in [-0.3, -0.25) is 4.21 Å². The summed E-state index contributed by atoms with van der Waals surface area (Å²) in [6.45, 7) is 0. The van der Waals surface area contributed by atoms with Crippen molar-refractivity contribution in [3.8, 4) is 0 Å². The number of halogens is 2. The van der Waals surface area contributed by atoms with Gasteiger partial charge in [-0.15, -0.1) is 22.9 Å². The molecular formula is C11H9Cl2NOS2. The standard InChI is InChI=1S/C11H9Cl2NOS2/c12-5-10-6-14-11(16-10)17(15)7-8-1-3-9(13)4-2-8/h1-4,6H,5,7H2. The third-order valence-electron chi connectivity index (χ3n) is 2.07. The summed E-state index contributed by atoms with van der Waals surface area (Å²) < 4.78 is 12.6. The Hall–Kier alpha value is -0.420. The Bertz CT molecular complexity index is 525. The summed E-state index contributed by atoms with van der Waals surface area (Å²) in [5.41, 5.74) is 0.982. The van der Waals surface area contributed by atoms with E-state index >= 15 is 0 Å². The zero-order chi connectivity index (χ0) is 12.3. The van der Waals surface area contributed by atoms with Crippen LogP contribution < -0.4 is 0 Å². The van der Waals surface area contributed by atoms with Crippen LogP contribution in [0, 0.1) is 0 Å². The van der Waals surface area contributed by atoms with Crippen molar-refractivity contribution in [2.24, 2.45) is 0 Å². The van der Waals surface area contributed by atoms with E-state index in [-0.39, 0.29) is 0 Å². The van der Waals surface area contributed by atoms with Gasteiger partial charge < -0.3 is 0 Å². The molecule has 90 valence electrons. The Morgan fingerprint density at radius 3 is 2.59 bits per heavy atom. The van der Waals surface area contributed by atoms with Crippen molar-refractivity contribution in [1.82, 2.24) is 4.98 Å². The zero-order valence-electron chi connectivity index (χ0n) is 8.73. The fraction of sp³-hybridized carbons (Fsp3) is 0.182. The molecule has 0 saturated carbocycles. The second-order valence-electron chi connectivity index (χ2n) is 3.34. The third kappa shape index (κ3) is 3.52. The van der Waals surface area contributed by atoms with Gasteiger partial charge in [0.05, 0.1) is 22.4 Å².